The highest BCUT2D eigenvalue weighted by Crippen LogP contribution is 2.31. The van der Waals surface area contributed by atoms with Gasteiger partial charge < -0.3 is 19.1 Å². The molecule has 53 heavy (non-hydrogen) atoms. The third kappa shape index (κ3) is 11.0. The monoisotopic (exact) mass is 729 g/mol. The van der Waals surface area contributed by atoms with Crippen LogP contribution in [0.4, 0.5) is 0 Å². The fourth-order valence-electron chi connectivity index (χ4n) is 6.10. The van der Waals surface area contributed by atoms with Crippen LogP contribution in [0.1, 0.15) is 58.7 Å². The predicted octanol–water partition coefficient (Wildman–Crippen LogP) is 9.83. The lowest BCUT2D eigenvalue weighted by Gasteiger charge is -2.34. The molecule has 1 aliphatic heterocycles. The van der Waals surface area contributed by atoms with Gasteiger partial charge in [-0.1, -0.05) is 91.7 Å². The van der Waals surface area contributed by atoms with Gasteiger partial charge in [0.15, 0.2) is 0 Å². The van der Waals surface area contributed by atoms with E-state index in [4.69, 9.17) is 25.8 Å². The number of hydrogen-bond acceptors (Lipinski definition) is 6. The number of carbonyl (C=O) groups excluding carboxylic acids is 1. The minimum Gasteiger partial charge on any atom is -0.493 e. The van der Waals surface area contributed by atoms with Gasteiger partial charge in [0.05, 0.1) is 17.8 Å². The van der Waals surface area contributed by atoms with E-state index >= 15 is 0 Å². The molecule has 1 aromatic heterocycles. The summed E-state index contributed by atoms with van der Waals surface area (Å²) in [6, 6.07) is 32.7. The number of rotatable bonds is 14. The van der Waals surface area contributed by atoms with Crippen LogP contribution in [0.3, 0.4) is 0 Å². The number of hydrogen-bond donors (Lipinski definition) is 0. The Morgan fingerprint density at radius 1 is 0.811 bits per heavy atom. The molecule has 1 aliphatic rings. The summed E-state index contributed by atoms with van der Waals surface area (Å²) in [5, 5.41) is 0.493. The first-order valence-electron chi connectivity index (χ1n) is 18.3. The molecule has 8 heteroatoms. The highest BCUT2D eigenvalue weighted by Gasteiger charge is 2.20. The molecule has 0 unspecified atom stereocenters. The van der Waals surface area contributed by atoms with Crippen molar-refractivity contribution in [1.82, 2.24) is 14.8 Å². The molecule has 1 fully saturated rings. The summed E-state index contributed by atoms with van der Waals surface area (Å²) in [6.45, 7) is 13.4. The Bertz CT molecular complexity index is 1970. The number of pyridine rings is 1. The van der Waals surface area contributed by atoms with Gasteiger partial charge in [0.1, 0.15) is 23.9 Å². The van der Waals surface area contributed by atoms with E-state index in [2.05, 4.69) is 103 Å². The van der Waals surface area contributed by atoms with E-state index < -0.39 is 0 Å². The second kappa shape index (κ2) is 18.1. The van der Waals surface area contributed by atoms with Crippen LogP contribution in [0.15, 0.2) is 109 Å². The van der Waals surface area contributed by atoms with Gasteiger partial charge in [0.25, 0.3) is 0 Å². The number of piperazine rings is 1. The Morgan fingerprint density at radius 3 is 2.17 bits per heavy atom. The van der Waals surface area contributed by atoms with Crippen molar-refractivity contribution in [2.75, 3.05) is 32.8 Å². The summed E-state index contributed by atoms with van der Waals surface area (Å²) in [6.07, 6.45) is 5.90. The standard InChI is InChI=1S/C45H48ClN3O4/c1-32(2)38-13-16-40(17-14-38)51-26-21-35-9-11-36(12-10-35)30-48-22-24-49(25-23-48)45(50)20-15-39-27-34(4)43(28-42(39)46)53-44-19-18-41(29-47-44)52-31-37-7-5-33(3)6-8-37/h5-20,27-29,32H,21-26,30-31H2,1-4H3/b20-15+. The van der Waals surface area contributed by atoms with Crippen molar-refractivity contribution in [2.45, 2.75) is 53.2 Å². The fourth-order valence-corrected chi connectivity index (χ4v) is 6.31. The fraction of sp³-hybridized carbons (Fsp3) is 0.289. The van der Waals surface area contributed by atoms with E-state index in [9.17, 15) is 4.79 Å². The predicted molar refractivity (Wildman–Crippen MR) is 213 cm³/mol. The lowest BCUT2D eigenvalue weighted by Crippen LogP contribution is -2.47. The zero-order valence-electron chi connectivity index (χ0n) is 31.1. The lowest BCUT2D eigenvalue weighted by molar-refractivity contribution is -0.127. The molecule has 2 heterocycles. The smallest absolute Gasteiger partial charge is 0.246 e. The molecule has 0 bridgehead atoms. The number of benzene rings is 4. The van der Waals surface area contributed by atoms with Crippen molar-refractivity contribution in [3.63, 3.8) is 0 Å². The van der Waals surface area contributed by atoms with Gasteiger partial charge in [-0.15, -0.1) is 0 Å². The third-order valence-corrected chi connectivity index (χ3v) is 9.80. The Balaban J connectivity index is 0.922. The molecule has 1 amide bonds. The van der Waals surface area contributed by atoms with Crippen molar-refractivity contribution in [3.05, 3.63) is 153 Å². The average Bonchev–Trinajstić information content (AvgIpc) is 3.17. The summed E-state index contributed by atoms with van der Waals surface area (Å²) < 4.78 is 17.9. The minimum absolute atomic E-state index is 0.0185. The van der Waals surface area contributed by atoms with Crippen LogP contribution in [-0.4, -0.2) is 53.5 Å². The number of amides is 1. The normalized spacial score (nSPS) is 13.4. The average molecular weight is 730 g/mol. The van der Waals surface area contributed by atoms with Crippen LogP contribution in [0, 0.1) is 13.8 Å². The van der Waals surface area contributed by atoms with E-state index in [1.165, 1.54) is 22.3 Å². The molecule has 1 saturated heterocycles. The second-order valence-corrected chi connectivity index (χ2v) is 14.3. The van der Waals surface area contributed by atoms with Gasteiger partial charge in [-0.05, 0) is 83.5 Å². The summed E-state index contributed by atoms with van der Waals surface area (Å²) in [5.74, 6) is 3.11. The number of halogens is 1. The highest BCUT2D eigenvalue weighted by molar-refractivity contribution is 6.32. The SMILES string of the molecule is Cc1ccc(COc2ccc(Oc3cc(Cl)c(/C=C/C(=O)N4CCN(Cc5ccc(CCOc6ccc(C(C)C)cc6)cc5)CC4)cc3C)nc2)cc1. The molecule has 5 aromatic rings. The topological polar surface area (TPSA) is 64.1 Å². The maximum Gasteiger partial charge on any atom is 0.246 e. The minimum atomic E-state index is -0.0185. The summed E-state index contributed by atoms with van der Waals surface area (Å²) >= 11 is 6.63. The molecule has 0 aliphatic carbocycles. The van der Waals surface area contributed by atoms with E-state index in [0.29, 0.717) is 54.6 Å². The van der Waals surface area contributed by atoms with Gasteiger partial charge in [0, 0.05) is 57.4 Å². The molecule has 4 aromatic carbocycles. The molecular weight excluding hydrogens is 682 g/mol. The number of aryl methyl sites for hydroxylation is 2. The quantitative estimate of drug-likeness (QED) is 0.106. The summed E-state index contributed by atoms with van der Waals surface area (Å²) in [4.78, 5) is 21.8. The van der Waals surface area contributed by atoms with Gasteiger partial charge in [-0.25, -0.2) is 4.98 Å². The van der Waals surface area contributed by atoms with Crippen LogP contribution in [-0.2, 0) is 24.4 Å². The lowest BCUT2D eigenvalue weighted by atomic mass is 10.0. The van der Waals surface area contributed by atoms with Crippen molar-refractivity contribution >= 4 is 23.6 Å². The van der Waals surface area contributed by atoms with Gasteiger partial charge in [-0.3, -0.25) is 9.69 Å². The van der Waals surface area contributed by atoms with E-state index in [1.54, 1.807) is 30.5 Å². The van der Waals surface area contributed by atoms with Crippen LogP contribution in [0.5, 0.6) is 23.1 Å². The zero-order chi connectivity index (χ0) is 37.2. The molecule has 0 radical (unpaired) electrons. The Labute approximate surface area is 318 Å². The Kier molecular flexibility index (Phi) is 12.8. The molecule has 7 nitrogen and oxygen atoms in total. The third-order valence-electron chi connectivity index (χ3n) is 9.47. The number of ether oxygens (including phenoxy) is 3. The second-order valence-electron chi connectivity index (χ2n) is 13.9. The first-order chi connectivity index (χ1) is 25.7. The number of carbonyl (C=O) groups is 1. The molecule has 0 spiro atoms. The maximum atomic E-state index is 13.1. The molecule has 0 atom stereocenters. The summed E-state index contributed by atoms with van der Waals surface area (Å²) in [5.41, 5.74) is 7.79. The first-order valence-corrected chi connectivity index (χ1v) is 18.7. The zero-order valence-corrected chi connectivity index (χ0v) is 31.8. The van der Waals surface area contributed by atoms with Gasteiger partial charge in [-0.2, -0.15) is 0 Å². The molecule has 0 N–H and O–H groups in total. The Morgan fingerprint density at radius 2 is 1.49 bits per heavy atom. The van der Waals surface area contributed by atoms with Crippen molar-refractivity contribution in [1.29, 1.82) is 0 Å². The van der Waals surface area contributed by atoms with Gasteiger partial charge >= 0.3 is 0 Å². The summed E-state index contributed by atoms with van der Waals surface area (Å²) in [7, 11) is 0. The first kappa shape index (κ1) is 37.6. The van der Waals surface area contributed by atoms with Crippen LogP contribution in [0.25, 0.3) is 6.08 Å². The largest absolute Gasteiger partial charge is 0.493 e. The molecule has 274 valence electrons. The van der Waals surface area contributed by atoms with Gasteiger partial charge in [0.2, 0.25) is 11.8 Å². The molecular formula is C45H48ClN3O4. The number of aromatic nitrogens is 1. The van der Waals surface area contributed by atoms with Crippen LogP contribution in [0.2, 0.25) is 5.02 Å². The van der Waals surface area contributed by atoms with Crippen molar-refractivity contribution in [2.24, 2.45) is 0 Å². The van der Waals surface area contributed by atoms with Crippen LogP contribution < -0.4 is 14.2 Å². The molecule has 0 saturated carbocycles. The van der Waals surface area contributed by atoms with Crippen LogP contribution >= 0.6 is 11.6 Å². The van der Waals surface area contributed by atoms with E-state index in [0.717, 1.165) is 48.5 Å². The molecule has 6 rings (SSSR count). The maximum absolute atomic E-state index is 13.1. The van der Waals surface area contributed by atoms with E-state index in [-0.39, 0.29) is 5.91 Å². The number of nitrogens with zero attached hydrogens (tertiary/aromatic N) is 3. The van der Waals surface area contributed by atoms with E-state index in [1.807, 2.05) is 24.0 Å². The Hall–Kier alpha value is -5.11. The highest BCUT2D eigenvalue weighted by atomic mass is 35.5. The van der Waals surface area contributed by atoms with Crippen molar-refractivity contribution in [3.8, 4) is 23.1 Å². The van der Waals surface area contributed by atoms with Crippen molar-refractivity contribution < 1.29 is 19.0 Å².